The fourth-order valence-electron chi connectivity index (χ4n) is 8.56. The minimum atomic E-state index is -0.740. The Bertz CT molecular complexity index is 2850. The first kappa shape index (κ1) is 30.4. The third-order valence-electron chi connectivity index (χ3n) is 10.8. The van der Waals surface area contributed by atoms with E-state index in [9.17, 15) is 0 Å². The van der Waals surface area contributed by atoms with Crippen molar-refractivity contribution in [3.63, 3.8) is 0 Å². The highest BCUT2D eigenvalue weighted by Crippen LogP contribution is 2.65. The first-order valence-electron chi connectivity index (χ1n) is 18.2. The number of benzene rings is 7. The summed E-state index contributed by atoms with van der Waals surface area (Å²) in [5.74, 6) is 3.27. The maximum absolute atomic E-state index is 7.08. The number of nitrogens with zero attached hydrogens (tertiary/aromatic N) is 4. The monoisotopic (exact) mass is 690 g/mol. The highest BCUT2D eigenvalue weighted by molar-refractivity contribution is 6.04. The van der Waals surface area contributed by atoms with Crippen molar-refractivity contribution in [2.24, 2.45) is 0 Å². The van der Waals surface area contributed by atoms with Gasteiger partial charge in [0.1, 0.15) is 11.5 Å². The molecule has 0 N–H and O–H groups in total. The molecule has 1 aliphatic carbocycles. The molecule has 1 spiro atoms. The van der Waals surface area contributed by atoms with Gasteiger partial charge in [-0.3, -0.25) is 0 Å². The van der Waals surface area contributed by atoms with E-state index in [1.54, 1.807) is 0 Å². The number of aromatic nitrogens is 4. The molecule has 1 unspecified atom stereocenters. The first-order chi connectivity index (χ1) is 26.8. The summed E-state index contributed by atoms with van der Waals surface area (Å²) in [7, 11) is 0. The maximum atomic E-state index is 7.08. The summed E-state index contributed by atoms with van der Waals surface area (Å²) in [6.07, 6.45) is 0. The number of rotatable bonds is 4. The van der Waals surface area contributed by atoms with Crippen LogP contribution in [-0.4, -0.2) is 19.9 Å². The largest absolute Gasteiger partial charge is 0.456 e. The number of hydrogen-bond donors (Lipinski definition) is 0. The van der Waals surface area contributed by atoms with Crippen molar-refractivity contribution in [1.82, 2.24) is 19.9 Å². The molecule has 54 heavy (non-hydrogen) atoms. The molecule has 0 radical (unpaired) electrons. The number of ether oxygens (including phenoxy) is 1. The summed E-state index contributed by atoms with van der Waals surface area (Å²) in [6, 6.07) is 62.9. The molecule has 0 saturated carbocycles. The first-order valence-corrected chi connectivity index (χ1v) is 18.2. The average molecular weight is 691 g/mol. The van der Waals surface area contributed by atoms with Gasteiger partial charge in [-0.25, -0.2) is 19.9 Å². The topological polar surface area (TPSA) is 60.8 Å². The van der Waals surface area contributed by atoms with Crippen LogP contribution >= 0.6 is 0 Å². The Hall–Kier alpha value is -7.24. The molecular weight excluding hydrogens is 661 g/mol. The summed E-state index contributed by atoms with van der Waals surface area (Å²) in [6.45, 7) is 0. The minimum absolute atomic E-state index is 0.546. The van der Waals surface area contributed by atoms with Gasteiger partial charge in [0.05, 0.1) is 22.2 Å². The van der Waals surface area contributed by atoms with Crippen molar-refractivity contribution in [3.8, 4) is 68.0 Å². The van der Waals surface area contributed by atoms with Gasteiger partial charge in [-0.05, 0) is 34.9 Å². The SMILES string of the molecule is c1ccc(-c2nc(-c3ccccc3)nc(-c3cccc4c3Oc3ccccc3C43c4ccccc4-c4c(-c5ccccc5)nc5ccccc5c43)n2)cc1. The molecule has 3 heterocycles. The molecule has 2 aromatic heterocycles. The Morgan fingerprint density at radius 1 is 0.389 bits per heavy atom. The van der Waals surface area contributed by atoms with Crippen LogP contribution in [0.1, 0.15) is 22.3 Å². The lowest BCUT2D eigenvalue weighted by molar-refractivity contribution is 0.438. The summed E-state index contributed by atoms with van der Waals surface area (Å²) in [5, 5.41) is 1.11. The van der Waals surface area contributed by atoms with Crippen LogP contribution in [0.4, 0.5) is 0 Å². The molecule has 11 rings (SSSR count). The second-order valence-corrected chi connectivity index (χ2v) is 13.7. The molecular formula is C49H30N4O. The Morgan fingerprint density at radius 2 is 0.926 bits per heavy atom. The van der Waals surface area contributed by atoms with Crippen LogP contribution in [0.15, 0.2) is 182 Å². The van der Waals surface area contributed by atoms with E-state index < -0.39 is 5.41 Å². The van der Waals surface area contributed by atoms with Gasteiger partial charge < -0.3 is 4.74 Å². The normalized spacial score (nSPS) is 14.9. The van der Waals surface area contributed by atoms with Crippen molar-refractivity contribution < 1.29 is 4.74 Å². The van der Waals surface area contributed by atoms with Crippen LogP contribution in [0.3, 0.4) is 0 Å². The van der Waals surface area contributed by atoms with E-state index in [1.165, 1.54) is 11.1 Å². The molecule has 9 aromatic rings. The van der Waals surface area contributed by atoms with Gasteiger partial charge >= 0.3 is 0 Å². The maximum Gasteiger partial charge on any atom is 0.167 e. The van der Waals surface area contributed by atoms with Gasteiger partial charge in [0.25, 0.3) is 0 Å². The van der Waals surface area contributed by atoms with Gasteiger partial charge in [0.2, 0.25) is 0 Å². The van der Waals surface area contributed by atoms with Crippen LogP contribution < -0.4 is 4.74 Å². The fraction of sp³-hybridized carbons (Fsp3) is 0.0204. The van der Waals surface area contributed by atoms with Gasteiger partial charge in [-0.1, -0.05) is 164 Å². The number of fused-ring (bicyclic) bond motifs is 11. The van der Waals surface area contributed by atoms with Crippen LogP contribution in [0.5, 0.6) is 11.5 Å². The Labute approximate surface area is 312 Å². The van der Waals surface area contributed by atoms with E-state index in [0.29, 0.717) is 17.5 Å². The van der Waals surface area contributed by atoms with Crippen molar-refractivity contribution in [2.45, 2.75) is 5.41 Å². The molecule has 1 aliphatic heterocycles. The fourth-order valence-corrected chi connectivity index (χ4v) is 8.56. The van der Waals surface area contributed by atoms with E-state index in [-0.39, 0.29) is 0 Å². The molecule has 5 nitrogen and oxygen atoms in total. The third kappa shape index (κ3) is 4.39. The smallest absolute Gasteiger partial charge is 0.167 e. The zero-order valence-corrected chi connectivity index (χ0v) is 29.0. The lowest BCUT2D eigenvalue weighted by atomic mass is 9.65. The molecule has 1 atom stereocenters. The van der Waals surface area contributed by atoms with E-state index in [0.717, 1.165) is 72.6 Å². The number of para-hydroxylation sites is 3. The lowest BCUT2D eigenvalue weighted by Crippen LogP contribution is -2.32. The van der Waals surface area contributed by atoms with Crippen molar-refractivity contribution in [2.75, 3.05) is 0 Å². The van der Waals surface area contributed by atoms with E-state index >= 15 is 0 Å². The zero-order valence-electron chi connectivity index (χ0n) is 29.0. The van der Waals surface area contributed by atoms with E-state index in [4.69, 9.17) is 24.7 Å². The standard InChI is InChI=1S/C49H30N4O/c1-4-17-31(18-5-1)44-42-34-23-10-12-26-37(34)49(43(42)35-24-11-14-29-40(35)50-44)38-27-13-15-30-41(38)54-45-36(25-16-28-39(45)49)48-52-46(32-19-6-2-7-20-32)51-47(53-48)33-21-8-3-9-22-33/h1-30H. The van der Waals surface area contributed by atoms with Crippen LogP contribution in [0.2, 0.25) is 0 Å². The molecule has 0 amide bonds. The van der Waals surface area contributed by atoms with E-state index in [1.807, 2.05) is 66.7 Å². The Balaban J connectivity index is 1.26. The lowest BCUT2D eigenvalue weighted by Gasteiger charge is -2.40. The second-order valence-electron chi connectivity index (χ2n) is 13.7. The highest BCUT2D eigenvalue weighted by Gasteiger charge is 2.53. The third-order valence-corrected chi connectivity index (χ3v) is 10.8. The Morgan fingerprint density at radius 3 is 1.65 bits per heavy atom. The molecule has 0 fully saturated rings. The molecule has 0 bridgehead atoms. The second kappa shape index (κ2) is 11.9. The predicted octanol–water partition coefficient (Wildman–Crippen LogP) is 11.6. The van der Waals surface area contributed by atoms with Gasteiger partial charge in [-0.15, -0.1) is 0 Å². The molecule has 0 saturated heterocycles. The van der Waals surface area contributed by atoms with Gasteiger partial charge in [-0.2, -0.15) is 0 Å². The van der Waals surface area contributed by atoms with Crippen molar-refractivity contribution in [3.05, 3.63) is 204 Å². The zero-order chi connectivity index (χ0) is 35.6. The van der Waals surface area contributed by atoms with Crippen molar-refractivity contribution in [1.29, 1.82) is 0 Å². The van der Waals surface area contributed by atoms with E-state index in [2.05, 4.69) is 115 Å². The minimum Gasteiger partial charge on any atom is -0.456 e. The molecule has 252 valence electrons. The highest BCUT2D eigenvalue weighted by atomic mass is 16.5. The van der Waals surface area contributed by atoms with Gasteiger partial charge in [0, 0.05) is 38.8 Å². The number of hydrogen-bond acceptors (Lipinski definition) is 5. The van der Waals surface area contributed by atoms with Crippen molar-refractivity contribution >= 4 is 10.9 Å². The van der Waals surface area contributed by atoms with Crippen LogP contribution in [-0.2, 0) is 5.41 Å². The molecule has 2 aliphatic rings. The summed E-state index contributed by atoms with van der Waals surface area (Å²) >= 11 is 0. The summed E-state index contributed by atoms with van der Waals surface area (Å²) < 4.78 is 7.08. The Kier molecular flexibility index (Phi) is 6.70. The van der Waals surface area contributed by atoms with Gasteiger partial charge in [0.15, 0.2) is 17.5 Å². The molecule has 5 heteroatoms. The summed E-state index contributed by atoms with van der Waals surface area (Å²) in [4.78, 5) is 20.7. The number of pyridine rings is 1. The van der Waals surface area contributed by atoms with Crippen LogP contribution in [0.25, 0.3) is 67.5 Å². The average Bonchev–Trinajstić information content (AvgIpc) is 3.56. The molecule has 7 aromatic carbocycles. The van der Waals surface area contributed by atoms with Crippen LogP contribution in [0, 0.1) is 0 Å². The summed E-state index contributed by atoms with van der Waals surface area (Å²) in [5.41, 5.74) is 11.7. The predicted molar refractivity (Wildman–Crippen MR) is 214 cm³/mol. The quantitative estimate of drug-likeness (QED) is 0.184.